The average Bonchev–Trinajstić information content (AvgIpc) is 3.58. The summed E-state index contributed by atoms with van der Waals surface area (Å²) in [5.74, 6) is 0.672. The van der Waals surface area contributed by atoms with Crippen molar-refractivity contribution in [2.45, 2.75) is 84.4 Å². The normalized spacial score (nSPS) is 16.3. The number of fused-ring (bicyclic) bond motifs is 1. The highest BCUT2D eigenvalue weighted by Gasteiger charge is 2.35. The summed E-state index contributed by atoms with van der Waals surface area (Å²) in [6.07, 6.45) is 5.89. The van der Waals surface area contributed by atoms with E-state index in [1.807, 2.05) is 18.2 Å². The molecule has 2 N–H and O–H groups in total. The summed E-state index contributed by atoms with van der Waals surface area (Å²) < 4.78 is 13.2. The fraction of sp³-hybridized carbons (Fsp3) is 0.519. The van der Waals surface area contributed by atoms with Crippen molar-refractivity contribution in [3.63, 3.8) is 0 Å². The van der Waals surface area contributed by atoms with Crippen LogP contribution in [0.1, 0.15) is 78.2 Å². The van der Waals surface area contributed by atoms with Crippen molar-refractivity contribution in [3.8, 4) is 11.4 Å². The predicted molar refractivity (Wildman–Crippen MR) is 143 cm³/mol. The molecular formula is C27H36N6O5. The minimum absolute atomic E-state index is 0.127. The topological polar surface area (TPSA) is 135 Å². The molecule has 204 valence electrons. The van der Waals surface area contributed by atoms with Crippen molar-refractivity contribution < 1.29 is 24.0 Å². The first-order valence-corrected chi connectivity index (χ1v) is 13.2. The number of carbonyl (C=O) groups is 2. The molecular weight excluding hydrogens is 488 g/mol. The first-order chi connectivity index (χ1) is 18.2. The molecule has 11 heteroatoms. The standard InChI is InChI=1S/C27H36N6O5/c1-5-6-7-10-15-32-17-19(18-12-8-9-13-20(18)32)22-28-23(38-31-22)21-14-11-16-33(21)24(29-25(34)35)30-26(36)37-27(2,3)4/h8-9,12-13,17,21H,5-7,10-11,14-16H2,1-4H3,(H,34,35)(H,29,30,36). The van der Waals surface area contributed by atoms with Crippen molar-refractivity contribution in [2.24, 2.45) is 4.99 Å². The summed E-state index contributed by atoms with van der Waals surface area (Å²) in [5.41, 5.74) is 1.22. The number of nitrogens with one attached hydrogen (secondary N) is 1. The van der Waals surface area contributed by atoms with Gasteiger partial charge in [-0.3, -0.25) is 5.32 Å². The number of likely N-dealkylation sites (tertiary alicyclic amines) is 1. The lowest BCUT2D eigenvalue weighted by Gasteiger charge is -2.25. The number of para-hydroxylation sites is 1. The second-order valence-electron chi connectivity index (χ2n) is 10.5. The molecule has 0 aliphatic carbocycles. The third-order valence-electron chi connectivity index (χ3n) is 6.34. The van der Waals surface area contributed by atoms with Gasteiger partial charge in [-0.1, -0.05) is 49.5 Å². The van der Waals surface area contributed by atoms with Crippen LogP contribution in [0, 0.1) is 0 Å². The van der Waals surface area contributed by atoms with Crippen LogP contribution < -0.4 is 5.32 Å². The van der Waals surface area contributed by atoms with Crippen molar-refractivity contribution in [3.05, 3.63) is 36.4 Å². The van der Waals surface area contributed by atoms with Gasteiger partial charge in [0.05, 0.1) is 0 Å². The van der Waals surface area contributed by atoms with Crippen LogP contribution in [0.3, 0.4) is 0 Å². The van der Waals surface area contributed by atoms with E-state index in [-0.39, 0.29) is 5.96 Å². The number of hydrogen-bond acceptors (Lipinski definition) is 6. The number of amides is 2. The first kappa shape index (κ1) is 27.2. The molecule has 1 aliphatic heterocycles. The predicted octanol–water partition coefficient (Wildman–Crippen LogP) is 5.97. The third-order valence-corrected chi connectivity index (χ3v) is 6.34. The number of unbranched alkanes of at least 4 members (excludes halogenated alkanes) is 3. The first-order valence-electron chi connectivity index (χ1n) is 13.2. The molecule has 1 unspecified atom stereocenters. The minimum Gasteiger partial charge on any atom is -0.465 e. The van der Waals surface area contributed by atoms with E-state index < -0.39 is 23.8 Å². The lowest BCUT2D eigenvalue weighted by molar-refractivity contribution is 0.0600. The molecule has 4 rings (SSSR count). The van der Waals surface area contributed by atoms with Crippen molar-refractivity contribution in [1.29, 1.82) is 0 Å². The molecule has 1 aromatic carbocycles. The summed E-state index contributed by atoms with van der Waals surface area (Å²) in [5, 5.41) is 16.9. The Morgan fingerprint density at radius 3 is 2.76 bits per heavy atom. The van der Waals surface area contributed by atoms with Crippen LogP contribution in [0.4, 0.5) is 9.59 Å². The maximum Gasteiger partial charge on any atom is 0.437 e. The minimum atomic E-state index is -1.34. The van der Waals surface area contributed by atoms with Crippen LogP contribution >= 0.6 is 0 Å². The number of benzene rings is 1. The summed E-state index contributed by atoms with van der Waals surface area (Å²) in [4.78, 5) is 34.1. The van der Waals surface area contributed by atoms with E-state index in [0.29, 0.717) is 24.7 Å². The molecule has 38 heavy (non-hydrogen) atoms. The summed E-state index contributed by atoms with van der Waals surface area (Å²) in [7, 11) is 0. The van der Waals surface area contributed by atoms with Gasteiger partial charge in [-0.05, 0) is 46.1 Å². The van der Waals surface area contributed by atoms with Gasteiger partial charge in [0.25, 0.3) is 0 Å². The zero-order valence-electron chi connectivity index (χ0n) is 22.4. The van der Waals surface area contributed by atoms with Gasteiger partial charge >= 0.3 is 12.2 Å². The fourth-order valence-electron chi connectivity index (χ4n) is 4.71. The van der Waals surface area contributed by atoms with E-state index in [1.165, 1.54) is 19.3 Å². The quantitative estimate of drug-likeness (QED) is 0.219. The van der Waals surface area contributed by atoms with Gasteiger partial charge in [0.2, 0.25) is 17.7 Å². The monoisotopic (exact) mass is 524 g/mol. The van der Waals surface area contributed by atoms with Gasteiger partial charge in [0.15, 0.2) is 0 Å². The number of hydrogen-bond donors (Lipinski definition) is 2. The summed E-state index contributed by atoms with van der Waals surface area (Å²) >= 11 is 0. The molecule has 0 bridgehead atoms. The molecule has 3 aromatic rings. The fourth-order valence-corrected chi connectivity index (χ4v) is 4.71. The van der Waals surface area contributed by atoms with Crippen LogP contribution in [0.2, 0.25) is 0 Å². The summed E-state index contributed by atoms with van der Waals surface area (Å²) in [6.45, 7) is 8.71. The van der Waals surface area contributed by atoms with Crippen molar-refractivity contribution in [2.75, 3.05) is 6.54 Å². The van der Waals surface area contributed by atoms with Gasteiger partial charge in [0.1, 0.15) is 11.6 Å². The van der Waals surface area contributed by atoms with Gasteiger partial charge in [-0.25, -0.2) is 9.59 Å². The highest BCUT2D eigenvalue weighted by Crippen LogP contribution is 2.34. The Hall–Kier alpha value is -3.89. The Labute approximate surface area is 221 Å². The van der Waals surface area contributed by atoms with E-state index >= 15 is 0 Å². The number of guanidine groups is 1. The highest BCUT2D eigenvalue weighted by molar-refractivity contribution is 5.98. The molecule has 3 heterocycles. The maximum absolute atomic E-state index is 12.4. The molecule has 11 nitrogen and oxygen atoms in total. The Bertz CT molecular complexity index is 1300. The van der Waals surface area contributed by atoms with E-state index in [1.54, 1.807) is 25.7 Å². The van der Waals surface area contributed by atoms with Crippen molar-refractivity contribution in [1.82, 2.24) is 24.9 Å². The van der Waals surface area contributed by atoms with Gasteiger partial charge in [-0.2, -0.15) is 4.98 Å². The second-order valence-corrected chi connectivity index (χ2v) is 10.5. The molecule has 2 aromatic heterocycles. The van der Waals surface area contributed by atoms with E-state index in [2.05, 4.69) is 39.2 Å². The molecule has 0 saturated carbocycles. The van der Waals surface area contributed by atoms with Crippen LogP contribution in [-0.2, 0) is 11.3 Å². The molecule has 1 saturated heterocycles. The second kappa shape index (κ2) is 11.7. The Kier molecular flexibility index (Phi) is 8.33. The van der Waals surface area contributed by atoms with Crippen LogP contribution in [0.15, 0.2) is 40.0 Å². The number of carboxylic acid groups (broad SMARTS) is 1. The van der Waals surface area contributed by atoms with Gasteiger partial charge in [0, 0.05) is 35.8 Å². The zero-order chi connectivity index (χ0) is 27.3. The van der Waals surface area contributed by atoms with E-state index in [9.17, 15) is 14.7 Å². The number of rotatable bonds is 7. The van der Waals surface area contributed by atoms with Gasteiger partial charge in [-0.15, -0.1) is 4.99 Å². The van der Waals surface area contributed by atoms with Crippen LogP contribution in [-0.4, -0.2) is 55.0 Å². The third kappa shape index (κ3) is 6.51. The van der Waals surface area contributed by atoms with E-state index in [4.69, 9.17) is 14.2 Å². The van der Waals surface area contributed by atoms with Crippen LogP contribution in [0.5, 0.6) is 0 Å². The van der Waals surface area contributed by atoms with Crippen molar-refractivity contribution >= 4 is 29.0 Å². The maximum atomic E-state index is 12.4. The lowest BCUT2D eigenvalue weighted by Crippen LogP contribution is -2.44. The largest absolute Gasteiger partial charge is 0.465 e. The molecule has 1 atom stereocenters. The summed E-state index contributed by atoms with van der Waals surface area (Å²) in [6, 6.07) is 7.71. The number of ether oxygens (including phenoxy) is 1. The average molecular weight is 525 g/mol. The number of aryl methyl sites for hydroxylation is 1. The molecule has 0 radical (unpaired) electrons. The number of carbonyl (C=O) groups excluding carboxylic acids is 1. The highest BCUT2D eigenvalue weighted by atomic mass is 16.6. The molecule has 0 spiro atoms. The number of aromatic nitrogens is 3. The lowest BCUT2D eigenvalue weighted by atomic mass is 10.1. The zero-order valence-corrected chi connectivity index (χ0v) is 22.4. The van der Waals surface area contributed by atoms with Gasteiger partial charge < -0.3 is 23.8 Å². The molecule has 1 fully saturated rings. The molecule has 2 amide bonds. The van der Waals surface area contributed by atoms with E-state index in [0.717, 1.165) is 35.9 Å². The SMILES string of the molecule is CCCCCCn1cc(-c2noc(C3CCCN3C(=NC(=O)OC(C)(C)C)NC(=O)O)n2)c2ccccc21. The smallest absolute Gasteiger partial charge is 0.437 e. The van der Waals surface area contributed by atoms with Crippen LogP contribution in [0.25, 0.3) is 22.3 Å². The Balaban J connectivity index is 1.60. The number of nitrogens with zero attached hydrogens (tertiary/aromatic N) is 5. The Morgan fingerprint density at radius 1 is 1.24 bits per heavy atom. The Morgan fingerprint density at radius 2 is 2.03 bits per heavy atom. The number of aliphatic imine (C=N–C) groups is 1. The molecule has 1 aliphatic rings.